The summed E-state index contributed by atoms with van der Waals surface area (Å²) in [6.45, 7) is 4.55. The third-order valence-electron chi connectivity index (χ3n) is 5.11. The molecule has 0 spiro atoms. The Kier molecular flexibility index (Phi) is 14.2. The van der Waals surface area contributed by atoms with Crippen LogP contribution in [0.4, 0.5) is 0 Å². The largest absolute Gasteiger partial charge is 0.497 e. The Hall–Kier alpha value is -1.83. The molecule has 0 aliphatic rings. The molecule has 2 unspecified atom stereocenters. The van der Waals surface area contributed by atoms with Crippen molar-refractivity contribution in [2.75, 3.05) is 13.7 Å². The number of benzene rings is 2. The number of hydrogen-bond acceptors (Lipinski definition) is 5. The third kappa shape index (κ3) is 9.89. The molecule has 0 aliphatic heterocycles. The minimum atomic E-state index is -0.745. The summed E-state index contributed by atoms with van der Waals surface area (Å²) < 4.78 is 5.24. The predicted molar refractivity (Wildman–Crippen MR) is 130 cm³/mol. The van der Waals surface area contributed by atoms with Gasteiger partial charge in [0, 0.05) is 25.0 Å². The lowest BCUT2D eigenvalue weighted by molar-refractivity contribution is -0.126. The zero-order valence-electron chi connectivity index (χ0n) is 18.3. The van der Waals surface area contributed by atoms with E-state index in [1.165, 1.54) is 0 Å². The van der Waals surface area contributed by atoms with Crippen LogP contribution in [-0.4, -0.2) is 42.9 Å². The van der Waals surface area contributed by atoms with Crippen molar-refractivity contribution in [3.8, 4) is 5.75 Å². The summed E-state index contributed by atoms with van der Waals surface area (Å²) in [5, 5.41) is 17.0. The van der Waals surface area contributed by atoms with Crippen LogP contribution in [0.15, 0.2) is 54.6 Å². The first kappa shape index (κ1) is 29.2. The van der Waals surface area contributed by atoms with Crippen molar-refractivity contribution < 1.29 is 14.6 Å². The first-order valence-corrected chi connectivity index (χ1v) is 10.0. The maximum Gasteiger partial charge on any atom is 0.224 e. The monoisotopic (exact) mass is 471 g/mol. The van der Waals surface area contributed by atoms with Crippen molar-refractivity contribution in [3.05, 3.63) is 65.7 Å². The number of halogens is 2. The quantitative estimate of drug-likeness (QED) is 0.403. The smallest absolute Gasteiger partial charge is 0.224 e. The molecule has 0 aliphatic carbocycles. The van der Waals surface area contributed by atoms with E-state index in [4.69, 9.17) is 10.5 Å². The molecule has 8 heteroatoms. The molecular formula is C23H35Cl2N3O3. The van der Waals surface area contributed by atoms with Crippen LogP contribution in [-0.2, 0) is 17.8 Å². The summed E-state index contributed by atoms with van der Waals surface area (Å²) in [4.78, 5) is 12.5. The lowest BCUT2D eigenvalue weighted by Gasteiger charge is -2.27. The Labute approximate surface area is 197 Å². The van der Waals surface area contributed by atoms with Gasteiger partial charge in [-0.05, 0) is 36.6 Å². The second-order valence-corrected chi connectivity index (χ2v) is 7.50. The zero-order valence-corrected chi connectivity index (χ0v) is 19.9. The first-order valence-electron chi connectivity index (χ1n) is 10.0. The van der Waals surface area contributed by atoms with E-state index in [2.05, 4.69) is 10.6 Å². The van der Waals surface area contributed by atoms with Crippen molar-refractivity contribution in [3.63, 3.8) is 0 Å². The summed E-state index contributed by atoms with van der Waals surface area (Å²) in [6.07, 6.45) is -0.203. The number of hydrogen-bond donors (Lipinski definition) is 4. The van der Waals surface area contributed by atoms with Gasteiger partial charge in [0.05, 0.1) is 19.3 Å². The first-order chi connectivity index (χ1) is 13.9. The standard InChI is InChI=1S/C23H33N3O3.2ClH/c1-16(17(2)24)23(28)26-21(13-18-8-5-4-6-9-18)22(27)15-25-14-19-10-7-11-20(12-19)29-3;;/h4-12,16-17,21-22,25,27H,13-15,24H2,1-3H3,(H,26,28);2*1H/t16?,17?,21-,22-;;/m0../s1. The fourth-order valence-corrected chi connectivity index (χ4v) is 2.99. The van der Waals surface area contributed by atoms with E-state index >= 15 is 0 Å². The number of rotatable bonds is 11. The highest BCUT2D eigenvalue weighted by Gasteiger charge is 2.25. The maximum atomic E-state index is 12.5. The number of aliphatic hydroxyl groups is 1. The highest BCUT2D eigenvalue weighted by Crippen LogP contribution is 2.13. The second kappa shape index (κ2) is 15.1. The average Bonchev–Trinajstić information content (AvgIpc) is 2.73. The summed E-state index contributed by atoms with van der Waals surface area (Å²) in [7, 11) is 1.64. The maximum absolute atomic E-state index is 12.5. The fraction of sp³-hybridized carbons (Fsp3) is 0.435. The van der Waals surface area contributed by atoms with Gasteiger partial charge in [0.15, 0.2) is 0 Å². The van der Waals surface area contributed by atoms with Crippen LogP contribution >= 0.6 is 24.8 Å². The lowest BCUT2D eigenvalue weighted by atomic mass is 9.98. The van der Waals surface area contributed by atoms with Crippen LogP contribution < -0.4 is 21.1 Å². The van der Waals surface area contributed by atoms with Gasteiger partial charge in [0.25, 0.3) is 0 Å². The van der Waals surface area contributed by atoms with Gasteiger partial charge in [-0.2, -0.15) is 0 Å². The molecule has 2 aromatic carbocycles. The van der Waals surface area contributed by atoms with Crippen molar-refractivity contribution in [1.82, 2.24) is 10.6 Å². The van der Waals surface area contributed by atoms with Gasteiger partial charge in [-0.3, -0.25) is 4.79 Å². The van der Waals surface area contributed by atoms with E-state index < -0.39 is 12.1 Å². The van der Waals surface area contributed by atoms with E-state index in [1.807, 2.05) is 61.5 Å². The minimum Gasteiger partial charge on any atom is -0.497 e. The summed E-state index contributed by atoms with van der Waals surface area (Å²) in [5.41, 5.74) is 7.98. The van der Waals surface area contributed by atoms with Crippen LogP contribution in [0.1, 0.15) is 25.0 Å². The third-order valence-corrected chi connectivity index (χ3v) is 5.11. The Morgan fingerprint density at radius 1 is 1.06 bits per heavy atom. The van der Waals surface area contributed by atoms with Gasteiger partial charge in [0.2, 0.25) is 5.91 Å². The van der Waals surface area contributed by atoms with Crippen LogP contribution in [0.2, 0.25) is 0 Å². The van der Waals surface area contributed by atoms with E-state index in [-0.39, 0.29) is 42.7 Å². The topological polar surface area (TPSA) is 96.6 Å². The fourth-order valence-electron chi connectivity index (χ4n) is 2.99. The number of nitrogens with two attached hydrogens (primary N) is 1. The Morgan fingerprint density at radius 2 is 1.71 bits per heavy atom. The van der Waals surface area contributed by atoms with Crippen LogP contribution in [0.25, 0.3) is 0 Å². The minimum absolute atomic E-state index is 0. The van der Waals surface area contributed by atoms with Crippen molar-refractivity contribution >= 4 is 30.7 Å². The van der Waals surface area contributed by atoms with Crippen molar-refractivity contribution in [1.29, 1.82) is 0 Å². The van der Waals surface area contributed by atoms with Crippen molar-refractivity contribution in [2.24, 2.45) is 11.7 Å². The SMILES string of the molecule is COc1cccc(CNC[C@H](O)[C@H](Cc2ccccc2)NC(=O)C(C)C(C)N)c1.Cl.Cl. The summed E-state index contributed by atoms with van der Waals surface area (Å²) in [5.74, 6) is 0.321. The van der Waals surface area contributed by atoms with Gasteiger partial charge < -0.3 is 26.2 Å². The molecule has 0 aromatic heterocycles. The number of carbonyl (C=O) groups excluding carboxylic acids is 1. The van der Waals surface area contributed by atoms with Gasteiger partial charge in [0.1, 0.15) is 5.75 Å². The zero-order chi connectivity index (χ0) is 21.2. The molecule has 0 fully saturated rings. The molecule has 1 amide bonds. The molecule has 0 bridgehead atoms. The molecule has 0 saturated carbocycles. The summed E-state index contributed by atoms with van der Waals surface area (Å²) in [6, 6.07) is 16.9. The van der Waals surface area contributed by atoms with Crippen LogP contribution in [0, 0.1) is 5.92 Å². The van der Waals surface area contributed by atoms with Gasteiger partial charge >= 0.3 is 0 Å². The molecule has 174 valence electrons. The molecule has 2 rings (SSSR count). The normalized spacial score (nSPS) is 14.2. The lowest BCUT2D eigenvalue weighted by Crippen LogP contribution is -2.51. The molecule has 6 nitrogen and oxygen atoms in total. The molecule has 4 atom stereocenters. The highest BCUT2D eigenvalue weighted by atomic mass is 35.5. The number of carbonyl (C=O) groups is 1. The van der Waals surface area contributed by atoms with Gasteiger partial charge in [-0.15, -0.1) is 24.8 Å². The van der Waals surface area contributed by atoms with E-state index in [0.717, 1.165) is 16.9 Å². The van der Waals surface area contributed by atoms with Crippen LogP contribution in [0.3, 0.4) is 0 Å². The Bertz CT molecular complexity index is 763. The Morgan fingerprint density at radius 3 is 2.32 bits per heavy atom. The molecule has 5 N–H and O–H groups in total. The van der Waals surface area contributed by atoms with E-state index in [9.17, 15) is 9.90 Å². The molecule has 0 radical (unpaired) electrons. The number of ether oxygens (including phenoxy) is 1. The van der Waals surface area contributed by atoms with Gasteiger partial charge in [-0.1, -0.05) is 49.4 Å². The Balaban J connectivity index is 0.00000450. The number of aliphatic hydroxyl groups excluding tert-OH is 1. The van der Waals surface area contributed by atoms with Crippen LogP contribution in [0.5, 0.6) is 5.75 Å². The molecular weight excluding hydrogens is 437 g/mol. The molecule has 31 heavy (non-hydrogen) atoms. The second-order valence-electron chi connectivity index (χ2n) is 7.50. The van der Waals surface area contributed by atoms with Crippen molar-refractivity contribution in [2.45, 2.75) is 45.0 Å². The number of methoxy groups -OCH3 is 1. The van der Waals surface area contributed by atoms with Gasteiger partial charge in [-0.25, -0.2) is 0 Å². The molecule has 2 aromatic rings. The summed E-state index contributed by atoms with van der Waals surface area (Å²) >= 11 is 0. The molecule has 0 heterocycles. The highest BCUT2D eigenvalue weighted by molar-refractivity contribution is 5.85. The molecule has 0 saturated heterocycles. The van der Waals surface area contributed by atoms with E-state index in [0.29, 0.717) is 19.5 Å². The predicted octanol–water partition coefficient (Wildman–Crippen LogP) is 2.70. The number of nitrogens with one attached hydrogen (secondary N) is 2. The average molecular weight is 472 g/mol. The van der Waals surface area contributed by atoms with E-state index in [1.54, 1.807) is 14.0 Å². The number of amides is 1.